The molecular weight excluding hydrogens is 457 g/mol. The smallest absolute Gasteiger partial charge is 0.191 e. The van der Waals surface area contributed by atoms with Gasteiger partial charge in [-0.3, -0.25) is 4.99 Å². The molecule has 6 nitrogen and oxygen atoms in total. The summed E-state index contributed by atoms with van der Waals surface area (Å²) in [6, 6.07) is 13.7. The van der Waals surface area contributed by atoms with E-state index in [4.69, 9.17) is 9.15 Å². The van der Waals surface area contributed by atoms with Crippen LogP contribution in [0.25, 0.3) is 0 Å². The molecule has 0 saturated carbocycles. The van der Waals surface area contributed by atoms with Crippen LogP contribution in [-0.2, 0) is 4.74 Å². The fourth-order valence-electron chi connectivity index (χ4n) is 2.45. The zero-order valence-corrected chi connectivity index (χ0v) is 18.3. The van der Waals surface area contributed by atoms with Crippen LogP contribution in [0.4, 0.5) is 0 Å². The molecule has 2 rings (SSSR count). The zero-order chi connectivity index (χ0) is 18.6. The maximum absolute atomic E-state index is 10.0. The molecule has 0 aliphatic rings. The summed E-state index contributed by atoms with van der Waals surface area (Å²) in [5.41, 5.74) is 1.18. The lowest BCUT2D eigenvalue weighted by atomic mass is 10.1. The summed E-state index contributed by atoms with van der Waals surface area (Å²) in [7, 11) is 0. The van der Waals surface area contributed by atoms with Crippen molar-refractivity contribution in [3.8, 4) is 0 Å². The molecule has 1 aromatic heterocycles. The van der Waals surface area contributed by atoms with Gasteiger partial charge in [0.1, 0.15) is 11.9 Å². The van der Waals surface area contributed by atoms with Gasteiger partial charge in [0, 0.05) is 19.7 Å². The van der Waals surface area contributed by atoms with Crippen molar-refractivity contribution in [3.05, 3.63) is 60.1 Å². The van der Waals surface area contributed by atoms with Gasteiger partial charge in [0.2, 0.25) is 0 Å². The first-order valence-electron chi connectivity index (χ1n) is 9.11. The number of nitrogens with one attached hydrogen (secondary N) is 2. The first-order valence-corrected chi connectivity index (χ1v) is 9.11. The normalized spacial score (nSPS) is 13.5. The Labute approximate surface area is 178 Å². The van der Waals surface area contributed by atoms with Crippen LogP contribution in [0, 0.1) is 0 Å². The lowest BCUT2D eigenvalue weighted by Crippen LogP contribution is -2.38. The van der Waals surface area contributed by atoms with Gasteiger partial charge in [0.15, 0.2) is 5.96 Å². The van der Waals surface area contributed by atoms with Crippen molar-refractivity contribution < 1.29 is 14.3 Å². The van der Waals surface area contributed by atoms with Gasteiger partial charge in [-0.2, -0.15) is 0 Å². The summed E-state index contributed by atoms with van der Waals surface area (Å²) in [4.78, 5) is 4.39. The second-order valence-corrected chi connectivity index (χ2v) is 5.95. The molecule has 1 aromatic carbocycles. The van der Waals surface area contributed by atoms with Gasteiger partial charge in [-0.25, -0.2) is 0 Å². The van der Waals surface area contributed by atoms with Crippen LogP contribution in [0.1, 0.15) is 43.8 Å². The van der Waals surface area contributed by atoms with Gasteiger partial charge in [-0.1, -0.05) is 30.3 Å². The van der Waals surface area contributed by atoms with E-state index in [1.54, 1.807) is 18.4 Å². The van der Waals surface area contributed by atoms with Crippen molar-refractivity contribution in [1.29, 1.82) is 0 Å². The highest BCUT2D eigenvalue weighted by Crippen LogP contribution is 2.15. The number of hydrogen-bond acceptors (Lipinski definition) is 4. The Morgan fingerprint density at radius 3 is 2.63 bits per heavy atom. The zero-order valence-electron chi connectivity index (χ0n) is 15.9. The second kappa shape index (κ2) is 13.6. The number of furan rings is 1. The van der Waals surface area contributed by atoms with Crippen LogP contribution in [0.2, 0.25) is 0 Å². The monoisotopic (exact) mass is 487 g/mol. The molecule has 3 N–H and O–H groups in total. The van der Waals surface area contributed by atoms with Gasteiger partial charge in [-0.15, -0.1) is 24.0 Å². The number of guanidine groups is 1. The number of halogens is 1. The van der Waals surface area contributed by atoms with E-state index in [9.17, 15) is 5.11 Å². The van der Waals surface area contributed by atoms with E-state index >= 15 is 0 Å². The Morgan fingerprint density at radius 2 is 1.96 bits per heavy atom. The van der Waals surface area contributed by atoms with Crippen LogP contribution < -0.4 is 10.6 Å². The number of aliphatic imine (C=N–C) groups is 1. The van der Waals surface area contributed by atoms with E-state index in [-0.39, 0.29) is 36.6 Å². The van der Waals surface area contributed by atoms with Crippen LogP contribution in [0.3, 0.4) is 0 Å². The van der Waals surface area contributed by atoms with Crippen LogP contribution in [0.15, 0.2) is 58.1 Å². The minimum Gasteiger partial charge on any atom is -0.467 e. The van der Waals surface area contributed by atoms with Crippen LogP contribution in [-0.4, -0.2) is 37.3 Å². The number of rotatable bonds is 10. The molecule has 2 unspecified atom stereocenters. The maximum Gasteiger partial charge on any atom is 0.191 e. The predicted octanol–water partition coefficient (Wildman–Crippen LogP) is 3.65. The third-order valence-electron chi connectivity index (χ3n) is 3.89. The van der Waals surface area contributed by atoms with Gasteiger partial charge in [0.05, 0.1) is 18.9 Å². The van der Waals surface area contributed by atoms with Crippen molar-refractivity contribution in [2.75, 3.05) is 26.2 Å². The molecule has 27 heavy (non-hydrogen) atoms. The van der Waals surface area contributed by atoms with Gasteiger partial charge >= 0.3 is 0 Å². The Hall–Kier alpha value is -1.58. The van der Waals surface area contributed by atoms with Crippen molar-refractivity contribution in [2.45, 2.75) is 32.5 Å². The van der Waals surface area contributed by atoms with Crippen LogP contribution in [0.5, 0.6) is 0 Å². The fourth-order valence-corrected chi connectivity index (χ4v) is 2.45. The molecule has 0 amide bonds. The number of aliphatic hydroxyl groups excluding tert-OH is 1. The van der Waals surface area contributed by atoms with E-state index in [2.05, 4.69) is 34.7 Å². The SMILES string of the molecule is CCNC(=NCC(O)c1ccco1)NCCCOC(C)c1ccccc1.I. The minimum absolute atomic E-state index is 0. The molecule has 0 aliphatic heterocycles. The maximum atomic E-state index is 10.0. The topological polar surface area (TPSA) is 79.0 Å². The molecule has 0 bridgehead atoms. The van der Waals surface area contributed by atoms with Crippen molar-refractivity contribution in [1.82, 2.24) is 10.6 Å². The first kappa shape index (κ1) is 23.5. The quantitative estimate of drug-likeness (QED) is 0.206. The molecule has 0 aliphatic carbocycles. The van der Waals surface area contributed by atoms with Gasteiger partial charge in [-0.05, 0) is 38.0 Å². The van der Waals surface area contributed by atoms with E-state index in [1.165, 1.54) is 5.56 Å². The molecule has 2 atom stereocenters. The highest BCUT2D eigenvalue weighted by atomic mass is 127. The standard InChI is InChI=1S/C20H29N3O3.HI/c1-3-21-20(23-15-18(24)19-11-7-13-26-19)22-12-8-14-25-16(2)17-9-5-4-6-10-17;/h4-7,9-11,13,16,18,24H,3,8,12,14-15H2,1-2H3,(H2,21,22,23);1H. The Bertz CT molecular complexity index is 635. The number of aliphatic hydroxyl groups is 1. The average Bonchev–Trinajstić information content (AvgIpc) is 3.21. The summed E-state index contributed by atoms with van der Waals surface area (Å²) < 4.78 is 11.0. The number of ether oxygens (including phenoxy) is 1. The Morgan fingerprint density at radius 1 is 1.19 bits per heavy atom. The van der Waals surface area contributed by atoms with Crippen molar-refractivity contribution >= 4 is 29.9 Å². The third-order valence-corrected chi connectivity index (χ3v) is 3.89. The molecule has 0 radical (unpaired) electrons. The largest absolute Gasteiger partial charge is 0.467 e. The molecule has 0 spiro atoms. The van der Waals surface area contributed by atoms with E-state index in [0.29, 0.717) is 18.3 Å². The molecule has 0 fully saturated rings. The summed E-state index contributed by atoms with van der Waals surface area (Å²) in [6.45, 7) is 6.46. The third kappa shape index (κ3) is 8.77. The Kier molecular flexibility index (Phi) is 11.8. The highest BCUT2D eigenvalue weighted by molar-refractivity contribution is 14.0. The highest BCUT2D eigenvalue weighted by Gasteiger charge is 2.10. The van der Waals surface area contributed by atoms with E-state index in [1.807, 2.05) is 25.1 Å². The second-order valence-electron chi connectivity index (χ2n) is 5.95. The summed E-state index contributed by atoms with van der Waals surface area (Å²) in [5.74, 6) is 1.20. The molecule has 0 saturated heterocycles. The summed E-state index contributed by atoms with van der Waals surface area (Å²) >= 11 is 0. The Balaban J connectivity index is 0.00000364. The molecular formula is C20H30IN3O3. The minimum atomic E-state index is -0.740. The summed E-state index contributed by atoms with van der Waals surface area (Å²) in [6.07, 6.45) is 1.75. The van der Waals surface area contributed by atoms with Crippen molar-refractivity contribution in [3.63, 3.8) is 0 Å². The summed E-state index contributed by atoms with van der Waals surface area (Å²) in [5, 5.41) is 16.4. The number of benzene rings is 1. The molecule has 150 valence electrons. The lowest BCUT2D eigenvalue weighted by Gasteiger charge is -2.15. The molecule has 2 aromatic rings. The average molecular weight is 487 g/mol. The predicted molar refractivity (Wildman–Crippen MR) is 118 cm³/mol. The number of nitrogens with zero attached hydrogens (tertiary/aromatic N) is 1. The first-order chi connectivity index (χ1) is 12.7. The van der Waals surface area contributed by atoms with Gasteiger partial charge < -0.3 is 24.9 Å². The van der Waals surface area contributed by atoms with Gasteiger partial charge in [0.25, 0.3) is 0 Å². The number of hydrogen-bond donors (Lipinski definition) is 3. The van der Waals surface area contributed by atoms with E-state index in [0.717, 1.165) is 19.5 Å². The van der Waals surface area contributed by atoms with Crippen molar-refractivity contribution in [2.24, 2.45) is 4.99 Å². The van der Waals surface area contributed by atoms with E-state index < -0.39 is 6.10 Å². The lowest BCUT2D eigenvalue weighted by molar-refractivity contribution is 0.0646. The molecule has 1 heterocycles. The molecule has 7 heteroatoms. The van der Waals surface area contributed by atoms with Crippen LogP contribution >= 0.6 is 24.0 Å². The fraction of sp³-hybridized carbons (Fsp3) is 0.450.